The lowest BCUT2D eigenvalue weighted by Crippen LogP contribution is -2.23. The third kappa shape index (κ3) is 4.49. The third-order valence-electron chi connectivity index (χ3n) is 3.55. The molecule has 2 aromatic carbocycles. The Morgan fingerprint density at radius 2 is 2.08 bits per heavy atom. The predicted octanol–water partition coefficient (Wildman–Crippen LogP) is 3.47. The van der Waals surface area contributed by atoms with E-state index in [9.17, 15) is 4.79 Å². The lowest BCUT2D eigenvalue weighted by Gasteiger charge is -2.06. The fourth-order valence-electron chi connectivity index (χ4n) is 2.34. The van der Waals surface area contributed by atoms with Crippen molar-refractivity contribution in [3.63, 3.8) is 0 Å². The van der Waals surface area contributed by atoms with Crippen molar-refractivity contribution >= 4 is 21.8 Å². The number of rotatable bonds is 6. The van der Waals surface area contributed by atoms with Crippen molar-refractivity contribution in [1.29, 1.82) is 5.26 Å². The molecule has 0 unspecified atom stereocenters. The second-order valence-electron chi connectivity index (χ2n) is 5.40. The highest BCUT2D eigenvalue weighted by molar-refractivity contribution is 9.10. The Balaban J connectivity index is 1.63. The van der Waals surface area contributed by atoms with Crippen LogP contribution in [0.15, 0.2) is 65.3 Å². The molecule has 26 heavy (non-hydrogen) atoms. The summed E-state index contributed by atoms with van der Waals surface area (Å²) < 4.78 is 7.84. The van der Waals surface area contributed by atoms with Gasteiger partial charge in [-0.05, 0) is 42.0 Å². The van der Waals surface area contributed by atoms with Crippen LogP contribution < -0.4 is 10.1 Å². The Kier molecular flexibility index (Phi) is 5.66. The molecule has 3 aromatic rings. The third-order valence-corrected chi connectivity index (χ3v) is 4.04. The molecule has 3 rings (SSSR count). The summed E-state index contributed by atoms with van der Waals surface area (Å²) in [6.45, 7) is 0.329. The second-order valence-corrected chi connectivity index (χ2v) is 6.32. The van der Waals surface area contributed by atoms with E-state index in [1.807, 2.05) is 42.5 Å². The number of carbonyl (C=O) groups is 1. The van der Waals surface area contributed by atoms with Crippen molar-refractivity contribution in [2.45, 2.75) is 6.54 Å². The summed E-state index contributed by atoms with van der Waals surface area (Å²) in [5.74, 6) is 0.333. The standard InChI is InChI=1S/C19H15BrN4O2/c20-15-4-2-5-16(12-15)24-9-7-18(23-24)19(25)22-13-14-3-1-6-17(11-14)26-10-8-21/h1-7,9,11-12H,10,13H2,(H,22,25). The van der Waals surface area contributed by atoms with Gasteiger partial charge in [0.1, 0.15) is 11.8 Å². The number of nitriles is 1. The van der Waals surface area contributed by atoms with Crippen LogP contribution in [-0.4, -0.2) is 22.3 Å². The first-order valence-corrected chi connectivity index (χ1v) is 8.63. The van der Waals surface area contributed by atoms with Crippen LogP contribution in [0.4, 0.5) is 0 Å². The lowest BCUT2D eigenvalue weighted by atomic mass is 10.2. The van der Waals surface area contributed by atoms with Gasteiger partial charge in [0.15, 0.2) is 12.3 Å². The van der Waals surface area contributed by atoms with Gasteiger partial charge in [-0.1, -0.05) is 34.1 Å². The number of aromatic nitrogens is 2. The molecule has 130 valence electrons. The van der Waals surface area contributed by atoms with E-state index in [0.717, 1.165) is 15.7 Å². The SMILES string of the molecule is N#CCOc1cccc(CNC(=O)c2ccn(-c3cccc(Br)c3)n2)c1. The van der Waals surface area contributed by atoms with Crippen LogP contribution in [0.1, 0.15) is 16.1 Å². The normalized spacial score (nSPS) is 10.2. The Bertz CT molecular complexity index is 962. The van der Waals surface area contributed by atoms with Crippen LogP contribution in [0.5, 0.6) is 5.75 Å². The van der Waals surface area contributed by atoms with Gasteiger partial charge in [-0.15, -0.1) is 0 Å². The number of halogens is 1. The van der Waals surface area contributed by atoms with Gasteiger partial charge in [0.25, 0.3) is 5.91 Å². The molecule has 0 saturated carbocycles. The van der Waals surface area contributed by atoms with E-state index in [-0.39, 0.29) is 12.5 Å². The van der Waals surface area contributed by atoms with Gasteiger partial charge in [-0.2, -0.15) is 10.4 Å². The van der Waals surface area contributed by atoms with Gasteiger partial charge < -0.3 is 10.1 Å². The van der Waals surface area contributed by atoms with Gasteiger partial charge in [-0.25, -0.2) is 4.68 Å². The Labute approximate surface area is 159 Å². The van der Waals surface area contributed by atoms with E-state index in [2.05, 4.69) is 26.3 Å². The van der Waals surface area contributed by atoms with E-state index in [1.54, 1.807) is 29.1 Å². The van der Waals surface area contributed by atoms with Crippen molar-refractivity contribution in [3.8, 4) is 17.5 Å². The zero-order chi connectivity index (χ0) is 18.4. The van der Waals surface area contributed by atoms with Gasteiger partial charge in [0.2, 0.25) is 0 Å². The van der Waals surface area contributed by atoms with Crippen molar-refractivity contribution < 1.29 is 9.53 Å². The van der Waals surface area contributed by atoms with Crippen LogP contribution in [0, 0.1) is 11.3 Å². The molecule has 0 fully saturated rings. The molecule has 0 saturated heterocycles. The largest absolute Gasteiger partial charge is 0.479 e. The van der Waals surface area contributed by atoms with E-state index >= 15 is 0 Å². The first kappa shape index (κ1) is 17.7. The summed E-state index contributed by atoms with van der Waals surface area (Å²) >= 11 is 3.42. The number of nitrogens with zero attached hydrogens (tertiary/aromatic N) is 3. The molecule has 0 aliphatic rings. The monoisotopic (exact) mass is 410 g/mol. The van der Waals surface area contributed by atoms with Crippen molar-refractivity contribution in [1.82, 2.24) is 15.1 Å². The Morgan fingerprint density at radius 1 is 1.23 bits per heavy atom. The van der Waals surface area contributed by atoms with Crippen LogP contribution in [0.2, 0.25) is 0 Å². The molecule has 6 nitrogen and oxygen atoms in total. The minimum atomic E-state index is -0.262. The van der Waals surface area contributed by atoms with E-state index in [1.165, 1.54) is 0 Å². The molecule has 0 bridgehead atoms. The molecule has 1 amide bonds. The van der Waals surface area contributed by atoms with Crippen LogP contribution >= 0.6 is 15.9 Å². The molecular weight excluding hydrogens is 396 g/mol. The second kappa shape index (κ2) is 8.32. The average Bonchev–Trinajstić information content (AvgIpc) is 3.15. The Morgan fingerprint density at radius 3 is 2.88 bits per heavy atom. The molecule has 0 atom stereocenters. The van der Waals surface area contributed by atoms with Gasteiger partial charge in [-0.3, -0.25) is 4.79 Å². The number of carbonyl (C=O) groups excluding carboxylic acids is 1. The van der Waals surface area contributed by atoms with Gasteiger partial charge in [0, 0.05) is 17.2 Å². The lowest BCUT2D eigenvalue weighted by molar-refractivity contribution is 0.0945. The van der Waals surface area contributed by atoms with Crippen molar-refractivity contribution in [2.24, 2.45) is 0 Å². The summed E-state index contributed by atoms with van der Waals surface area (Å²) in [4.78, 5) is 12.3. The molecule has 0 spiro atoms. The first-order valence-electron chi connectivity index (χ1n) is 7.84. The molecular formula is C19H15BrN4O2. The summed E-state index contributed by atoms with van der Waals surface area (Å²) in [6, 6.07) is 18.5. The summed E-state index contributed by atoms with van der Waals surface area (Å²) in [6.07, 6.45) is 1.74. The van der Waals surface area contributed by atoms with Crippen LogP contribution in [0.25, 0.3) is 5.69 Å². The number of nitrogens with one attached hydrogen (secondary N) is 1. The number of amides is 1. The summed E-state index contributed by atoms with van der Waals surface area (Å²) in [5.41, 5.74) is 2.07. The average molecular weight is 411 g/mol. The van der Waals surface area contributed by atoms with E-state index in [0.29, 0.717) is 18.0 Å². The van der Waals surface area contributed by atoms with Crippen molar-refractivity contribution in [3.05, 3.63) is 76.5 Å². The maximum absolute atomic E-state index is 12.3. The summed E-state index contributed by atoms with van der Waals surface area (Å²) in [7, 11) is 0. The zero-order valence-corrected chi connectivity index (χ0v) is 15.3. The molecule has 1 heterocycles. The maximum atomic E-state index is 12.3. The highest BCUT2D eigenvalue weighted by Gasteiger charge is 2.10. The number of benzene rings is 2. The molecule has 7 heteroatoms. The molecule has 0 aliphatic heterocycles. The molecule has 1 N–H and O–H groups in total. The van der Waals surface area contributed by atoms with E-state index in [4.69, 9.17) is 10.00 Å². The fraction of sp³-hybridized carbons (Fsp3) is 0.105. The van der Waals surface area contributed by atoms with Crippen LogP contribution in [-0.2, 0) is 6.54 Å². The Hall–Kier alpha value is -3.11. The molecule has 0 aliphatic carbocycles. The van der Waals surface area contributed by atoms with Crippen LogP contribution in [0.3, 0.4) is 0 Å². The molecule has 0 radical (unpaired) electrons. The highest BCUT2D eigenvalue weighted by Crippen LogP contribution is 2.15. The number of hydrogen-bond donors (Lipinski definition) is 1. The quantitative estimate of drug-likeness (QED) is 0.674. The minimum Gasteiger partial charge on any atom is -0.479 e. The van der Waals surface area contributed by atoms with Gasteiger partial charge in [0.05, 0.1) is 5.69 Å². The smallest absolute Gasteiger partial charge is 0.272 e. The fourth-order valence-corrected chi connectivity index (χ4v) is 2.73. The molecule has 1 aromatic heterocycles. The minimum absolute atomic E-state index is 0.0111. The number of hydrogen-bond acceptors (Lipinski definition) is 4. The van der Waals surface area contributed by atoms with Crippen molar-refractivity contribution in [2.75, 3.05) is 6.61 Å². The van der Waals surface area contributed by atoms with Gasteiger partial charge >= 0.3 is 0 Å². The summed E-state index contributed by atoms with van der Waals surface area (Å²) in [5, 5.41) is 15.7. The topological polar surface area (TPSA) is 79.9 Å². The van der Waals surface area contributed by atoms with E-state index < -0.39 is 0 Å². The highest BCUT2D eigenvalue weighted by atomic mass is 79.9. The maximum Gasteiger partial charge on any atom is 0.272 e. The predicted molar refractivity (Wildman–Crippen MR) is 100.0 cm³/mol. The first-order chi connectivity index (χ1) is 12.7. The number of ether oxygens (including phenoxy) is 1. The zero-order valence-electron chi connectivity index (χ0n) is 13.7.